The molecule has 0 aromatic heterocycles. The first-order valence-corrected chi connectivity index (χ1v) is 12.6. The predicted octanol–water partition coefficient (Wildman–Crippen LogP) is 6.36. The molecule has 0 spiro atoms. The number of anilines is 1. The fourth-order valence-electron chi connectivity index (χ4n) is 4.47. The Balaban J connectivity index is 1.84. The third-order valence-corrected chi connectivity index (χ3v) is 6.25. The number of carbonyl (C=O) groups excluding carboxylic acids is 2. The minimum absolute atomic E-state index is 0.0471. The Morgan fingerprint density at radius 2 is 1.70 bits per heavy atom. The third-order valence-electron chi connectivity index (χ3n) is 6.25. The first-order valence-electron chi connectivity index (χ1n) is 12.6. The van der Waals surface area contributed by atoms with Crippen LogP contribution < -0.4 is 14.4 Å². The molecule has 3 aromatic carbocycles. The second-order valence-electron chi connectivity index (χ2n) is 9.70. The van der Waals surface area contributed by atoms with Crippen LogP contribution in [0.3, 0.4) is 0 Å². The summed E-state index contributed by atoms with van der Waals surface area (Å²) in [6, 6.07) is 19.2. The van der Waals surface area contributed by atoms with E-state index in [1.54, 1.807) is 24.3 Å². The Labute approximate surface area is 218 Å². The highest BCUT2D eigenvalue weighted by Gasteiger charge is 2.47. The number of Topliss-reactive ketones (excluding diaryl/α,β-unsaturated/α-hetero) is 1. The van der Waals surface area contributed by atoms with Crippen LogP contribution in [0.15, 0.2) is 72.3 Å². The molecule has 0 radical (unpaired) electrons. The second-order valence-corrected chi connectivity index (χ2v) is 9.70. The number of aryl methyl sites for hydroxylation is 2. The molecule has 1 amide bonds. The van der Waals surface area contributed by atoms with Crippen molar-refractivity contribution in [2.24, 2.45) is 5.92 Å². The molecule has 1 saturated heterocycles. The van der Waals surface area contributed by atoms with Crippen molar-refractivity contribution in [1.82, 2.24) is 0 Å². The number of amides is 1. The number of hydrogen-bond acceptors (Lipinski definition) is 5. The molecule has 1 aliphatic rings. The van der Waals surface area contributed by atoms with Crippen molar-refractivity contribution in [2.75, 3.05) is 18.1 Å². The van der Waals surface area contributed by atoms with Gasteiger partial charge in [0.15, 0.2) is 0 Å². The highest BCUT2D eigenvalue weighted by atomic mass is 16.5. The number of ether oxygens (including phenoxy) is 2. The Morgan fingerprint density at radius 3 is 2.32 bits per heavy atom. The van der Waals surface area contributed by atoms with E-state index >= 15 is 0 Å². The lowest BCUT2D eigenvalue weighted by molar-refractivity contribution is -0.132. The number of ketones is 1. The Hall–Kier alpha value is -4.06. The van der Waals surface area contributed by atoms with Crippen molar-refractivity contribution in [3.05, 3.63) is 94.6 Å². The standard InChI is InChI=1S/C31H33NO5/c1-6-36-26-15-12-23(17-21(26)5)29(33)27-28(22-10-13-25(14-11-22)37-18-19(2)3)32(31(35)30(27)34)24-9-7-8-20(4)16-24/h7-17,19,28,33H,6,18H2,1-5H3/b29-27-. The van der Waals surface area contributed by atoms with E-state index in [4.69, 9.17) is 9.47 Å². The number of carbonyl (C=O) groups is 2. The van der Waals surface area contributed by atoms with E-state index in [0.29, 0.717) is 47.4 Å². The van der Waals surface area contributed by atoms with Crippen molar-refractivity contribution in [3.63, 3.8) is 0 Å². The van der Waals surface area contributed by atoms with Gasteiger partial charge in [0.25, 0.3) is 11.7 Å². The van der Waals surface area contributed by atoms with E-state index in [0.717, 1.165) is 11.1 Å². The summed E-state index contributed by atoms with van der Waals surface area (Å²) in [5, 5.41) is 11.4. The molecule has 1 N–H and O–H groups in total. The molecule has 1 heterocycles. The molecule has 0 aliphatic carbocycles. The van der Waals surface area contributed by atoms with Crippen molar-refractivity contribution in [3.8, 4) is 11.5 Å². The second kappa shape index (κ2) is 10.9. The minimum atomic E-state index is -0.798. The van der Waals surface area contributed by atoms with Crippen LogP contribution >= 0.6 is 0 Å². The van der Waals surface area contributed by atoms with Gasteiger partial charge >= 0.3 is 0 Å². The van der Waals surface area contributed by atoms with Crippen molar-refractivity contribution >= 4 is 23.1 Å². The van der Waals surface area contributed by atoms with Gasteiger partial charge in [0.2, 0.25) is 0 Å². The molecular formula is C31H33NO5. The average molecular weight is 500 g/mol. The molecule has 0 saturated carbocycles. The van der Waals surface area contributed by atoms with E-state index in [9.17, 15) is 14.7 Å². The quantitative estimate of drug-likeness (QED) is 0.222. The number of aliphatic hydroxyl groups excluding tert-OH is 1. The molecule has 3 aromatic rings. The van der Waals surface area contributed by atoms with Gasteiger partial charge in [-0.15, -0.1) is 0 Å². The van der Waals surface area contributed by atoms with Gasteiger partial charge in [-0.1, -0.05) is 38.1 Å². The largest absolute Gasteiger partial charge is 0.507 e. The van der Waals surface area contributed by atoms with Crippen LogP contribution in [0.1, 0.15) is 49.1 Å². The first-order chi connectivity index (χ1) is 17.7. The lowest BCUT2D eigenvalue weighted by Gasteiger charge is -2.26. The maximum atomic E-state index is 13.4. The van der Waals surface area contributed by atoms with Gasteiger partial charge < -0.3 is 14.6 Å². The Kier molecular flexibility index (Phi) is 7.67. The first kappa shape index (κ1) is 26.0. The number of benzene rings is 3. The van der Waals surface area contributed by atoms with Crippen LogP contribution in [0.25, 0.3) is 5.76 Å². The van der Waals surface area contributed by atoms with Crippen LogP contribution in [0.4, 0.5) is 5.69 Å². The van der Waals surface area contributed by atoms with Crippen molar-refractivity contribution in [1.29, 1.82) is 0 Å². The average Bonchev–Trinajstić information content (AvgIpc) is 3.14. The van der Waals surface area contributed by atoms with Crippen molar-refractivity contribution in [2.45, 2.75) is 40.7 Å². The number of hydrogen-bond donors (Lipinski definition) is 1. The minimum Gasteiger partial charge on any atom is -0.507 e. The normalized spacial score (nSPS) is 16.9. The summed E-state index contributed by atoms with van der Waals surface area (Å²) in [6.07, 6.45) is 0. The number of aliphatic hydroxyl groups is 1. The molecule has 37 heavy (non-hydrogen) atoms. The van der Waals surface area contributed by atoms with Gasteiger partial charge in [-0.05, 0) is 85.8 Å². The van der Waals surface area contributed by atoms with Crippen LogP contribution in [0.2, 0.25) is 0 Å². The lowest BCUT2D eigenvalue weighted by Crippen LogP contribution is -2.29. The van der Waals surface area contributed by atoms with Crippen LogP contribution in [-0.4, -0.2) is 30.0 Å². The fourth-order valence-corrected chi connectivity index (χ4v) is 4.47. The summed E-state index contributed by atoms with van der Waals surface area (Å²) in [4.78, 5) is 28.3. The van der Waals surface area contributed by atoms with E-state index in [1.807, 2.05) is 63.2 Å². The van der Waals surface area contributed by atoms with Gasteiger partial charge in [-0.3, -0.25) is 14.5 Å². The highest BCUT2D eigenvalue weighted by Crippen LogP contribution is 2.43. The smallest absolute Gasteiger partial charge is 0.300 e. The van der Waals surface area contributed by atoms with Crippen LogP contribution in [0.5, 0.6) is 11.5 Å². The van der Waals surface area contributed by atoms with Crippen LogP contribution in [-0.2, 0) is 9.59 Å². The topological polar surface area (TPSA) is 76.1 Å². The summed E-state index contributed by atoms with van der Waals surface area (Å²) in [5.41, 5.74) is 3.56. The summed E-state index contributed by atoms with van der Waals surface area (Å²) in [6.45, 7) is 11.0. The lowest BCUT2D eigenvalue weighted by atomic mass is 9.94. The summed E-state index contributed by atoms with van der Waals surface area (Å²) >= 11 is 0. The summed E-state index contributed by atoms with van der Waals surface area (Å²) in [5.74, 6) is 0.158. The van der Waals surface area contributed by atoms with Gasteiger partial charge in [-0.2, -0.15) is 0 Å². The van der Waals surface area contributed by atoms with E-state index in [2.05, 4.69) is 13.8 Å². The molecule has 4 rings (SSSR count). The maximum absolute atomic E-state index is 13.4. The summed E-state index contributed by atoms with van der Waals surface area (Å²) < 4.78 is 11.4. The zero-order valence-electron chi connectivity index (χ0n) is 21.9. The number of nitrogens with zero attached hydrogens (tertiary/aromatic N) is 1. The monoisotopic (exact) mass is 499 g/mol. The van der Waals surface area contributed by atoms with Gasteiger partial charge in [-0.25, -0.2) is 0 Å². The molecule has 6 heteroatoms. The molecule has 0 bridgehead atoms. The third kappa shape index (κ3) is 5.38. The molecular weight excluding hydrogens is 466 g/mol. The number of rotatable bonds is 8. The zero-order valence-corrected chi connectivity index (χ0v) is 21.9. The van der Waals surface area contributed by atoms with E-state index in [-0.39, 0.29) is 11.3 Å². The van der Waals surface area contributed by atoms with Crippen molar-refractivity contribution < 1.29 is 24.2 Å². The van der Waals surface area contributed by atoms with E-state index < -0.39 is 17.7 Å². The molecule has 1 fully saturated rings. The molecule has 1 aliphatic heterocycles. The van der Waals surface area contributed by atoms with Gasteiger partial charge in [0.1, 0.15) is 17.3 Å². The SMILES string of the molecule is CCOc1ccc(/C(O)=C2/C(=O)C(=O)N(c3cccc(C)c3)C2c2ccc(OCC(C)C)cc2)cc1C. The molecule has 192 valence electrons. The molecule has 1 unspecified atom stereocenters. The fraction of sp³-hybridized carbons (Fsp3) is 0.290. The predicted molar refractivity (Wildman–Crippen MR) is 145 cm³/mol. The Morgan fingerprint density at radius 1 is 0.973 bits per heavy atom. The zero-order chi connectivity index (χ0) is 26.7. The summed E-state index contributed by atoms with van der Waals surface area (Å²) in [7, 11) is 0. The van der Waals surface area contributed by atoms with E-state index in [1.165, 1.54) is 4.90 Å². The maximum Gasteiger partial charge on any atom is 0.300 e. The van der Waals surface area contributed by atoms with Gasteiger partial charge in [0, 0.05) is 11.3 Å². The van der Waals surface area contributed by atoms with Crippen LogP contribution in [0, 0.1) is 19.8 Å². The Bertz CT molecular complexity index is 1340. The highest BCUT2D eigenvalue weighted by molar-refractivity contribution is 6.51. The molecule has 1 atom stereocenters. The molecule has 6 nitrogen and oxygen atoms in total. The van der Waals surface area contributed by atoms with Gasteiger partial charge in [0.05, 0.1) is 24.8 Å².